The average molecular weight is 703 g/mol. The molecule has 0 spiro atoms. The van der Waals surface area contributed by atoms with Gasteiger partial charge in [0.05, 0.1) is 25.0 Å². The summed E-state index contributed by atoms with van der Waals surface area (Å²) < 4.78 is 24.0. The lowest BCUT2D eigenvalue weighted by Gasteiger charge is -2.35. The number of rotatable bonds is 11. The van der Waals surface area contributed by atoms with Crippen LogP contribution >= 0.6 is 23.2 Å². The Labute approximate surface area is 297 Å². The van der Waals surface area contributed by atoms with E-state index in [4.69, 9.17) is 42.1 Å². The summed E-state index contributed by atoms with van der Waals surface area (Å²) in [6, 6.07) is 31.1. The Morgan fingerprint density at radius 3 is 2.14 bits per heavy atom. The monoisotopic (exact) mass is 701 g/mol. The Bertz CT molecular complexity index is 2170. The molecule has 246 valence electrons. The van der Waals surface area contributed by atoms with Gasteiger partial charge in [-0.2, -0.15) is 5.26 Å². The third-order valence-corrected chi connectivity index (χ3v) is 7.94. The fourth-order valence-corrected chi connectivity index (χ4v) is 5.74. The fraction of sp³-hybridized carbons (Fsp3) is 0.0526. The number of methoxy groups -OCH3 is 1. The van der Waals surface area contributed by atoms with Gasteiger partial charge in [0, 0.05) is 44.7 Å². The van der Waals surface area contributed by atoms with Crippen molar-refractivity contribution in [2.24, 2.45) is 0 Å². The second kappa shape index (κ2) is 15.3. The standard InChI is InChI=1S/C38H25Cl2N5O5/c1-47-22-30(29-12-6-8-14-34(29)49-36-18-35(44-24-45-36)48-33-13-7-5-9-25(33)19-41)37(46)50-38(26-10-3-2-4-11-26,27-20-42-23-43-21-27)31-16-15-28(39)17-32(31)40/h2-18,20-24H,1H3. The summed E-state index contributed by atoms with van der Waals surface area (Å²) in [4.78, 5) is 31.4. The molecule has 12 heteroatoms. The molecule has 0 saturated carbocycles. The van der Waals surface area contributed by atoms with Gasteiger partial charge in [-0.05, 0) is 30.3 Å². The Balaban J connectivity index is 1.41. The molecule has 0 aliphatic heterocycles. The summed E-state index contributed by atoms with van der Waals surface area (Å²) in [5.41, 5.74) is 0.452. The minimum atomic E-state index is -1.64. The Kier molecular flexibility index (Phi) is 10.3. The van der Waals surface area contributed by atoms with Gasteiger partial charge in [-0.15, -0.1) is 0 Å². The van der Waals surface area contributed by atoms with E-state index in [9.17, 15) is 10.1 Å². The van der Waals surface area contributed by atoms with E-state index in [-0.39, 0.29) is 28.1 Å². The smallest absolute Gasteiger partial charge is 0.343 e. The molecule has 1 atom stereocenters. The van der Waals surface area contributed by atoms with Crippen LogP contribution in [-0.2, 0) is 19.9 Å². The second-order valence-corrected chi connectivity index (χ2v) is 11.3. The van der Waals surface area contributed by atoms with Gasteiger partial charge in [-0.3, -0.25) is 0 Å². The predicted molar refractivity (Wildman–Crippen MR) is 186 cm³/mol. The van der Waals surface area contributed by atoms with E-state index >= 15 is 0 Å². The van der Waals surface area contributed by atoms with Gasteiger partial charge in [-0.1, -0.05) is 89.9 Å². The van der Waals surface area contributed by atoms with E-state index in [1.807, 2.05) is 30.3 Å². The molecular formula is C38H25Cl2N5O5. The van der Waals surface area contributed by atoms with E-state index in [1.165, 1.54) is 32.1 Å². The summed E-state index contributed by atoms with van der Waals surface area (Å²) in [5.74, 6) is 0.0172. The number of benzene rings is 4. The van der Waals surface area contributed by atoms with E-state index in [0.29, 0.717) is 38.6 Å². The highest BCUT2D eigenvalue weighted by Crippen LogP contribution is 2.45. The maximum atomic E-state index is 14.6. The van der Waals surface area contributed by atoms with Crippen molar-refractivity contribution in [1.29, 1.82) is 5.26 Å². The highest BCUT2D eigenvalue weighted by atomic mass is 35.5. The van der Waals surface area contributed by atoms with E-state index < -0.39 is 11.6 Å². The molecular weight excluding hydrogens is 677 g/mol. The number of esters is 1. The van der Waals surface area contributed by atoms with Crippen molar-refractivity contribution < 1.29 is 23.7 Å². The van der Waals surface area contributed by atoms with Crippen LogP contribution in [0.2, 0.25) is 10.0 Å². The number of hydrogen-bond acceptors (Lipinski definition) is 10. The van der Waals surface area contributed by atoms with Crippen LogP contribution in [0.15, 0.2) is 134 Å². The molecule has 1 unspecified atom stereocenters. The molecule has 0 N–H and O–H groups in total. The number of nitrogens with zero attached hydrogens (tertiary/aromatic N) is 5. The molecule has 6 rings (SSSR count). The maximum absolute atomic E-state index is 14.6. The molecule has 2 heterocycles. The lowest BCUT2D eigenvalue weighted by atomic mass is 9.81. The zero-order valence-electron chi connectivity index (χ0n) is 26.2. The molecule has 10 nitrogen and oxygen atoms in total. The maximum Gasteiger partial charge on any atom is 0.343 e. The largest absolute Gasteiger partial charge is 0.503 e. The summed E-state index contributed by atoms with van der Waals surface area (Å²) in [6.45, 7) is 0. The van der Waals surface area contributed by atoms with E-state index in [2.05, 4.69) is 26.0 Å². The molecule has 0 amide bonds. The third kappa shape index (κ3) is 7.10. The first-order chi connectivity index (χ1) is 24.4. The first kappa shape index (κ1) is 33.6. The highest BCUT2D eigenvalue weighted by Gasteiger charge is 2.44. The first-order valence-corrected chi connectivity index (χ1v) is 15.7. The number of aromatic nitrogens is 4. The van der Waals surface area contributed by atoms with Crippen molar-refractivity contribution in [3.05, 3.63) is 172 Å². The van der Waals surface area contributed by atoms with Gasteiger partial charge in [0.15, 0.2) is 5.60 Å². The number of carbonyl (C=O) groups is 1. The third-order valence-electron chi connectivity index (χ3n) is 7.39. The van der Waals surface area contributed by atoms with Crippen LogP contribution in [0.3, 0.4) is 0 Å². The van der Waals surface area contributed by atoms with Crippen LogP contribution in [0.4, 0.5) is 0 Å². The van der Waals surface area contributed by atoms with Gasteiger partial charge < -0.3 is 18.9 Å². The molecule has 2 aromatic heterocycles. The Morgan fingerprint density at radius 1 is 0.780 bits per heavy atom. The van der Waals surface area contributed by atoms with Crippen LogP contribution in [-0.4, -0.2) is 33.0 Å². The number of ether oxygens (including phenoxy) is 4. The van der Waals surface area contributed by atoms with Crippen LogP contribution in [0.1, 0.15) is 27.8 Å². The summed E-state index contributed by atoms with van der Waals surface area (Å²) >= 11 is 13.1. The van der Waals surface area contributed by atoms with Crippen LogP contribution in [0.25, 0.3) is 5.57 Å². The van der Waals surface area contributed by atoms with Crippen molar-refractivity contribution in [3.63, 3.8) is 0 Å². The number of nitriles is 1. The topological polar surface area (TPSA) is 129 Å². The van der Waals surface area contributed by atoms with Gasteiger partial charge in [0.25, 0.3) is 0 Å². The number of para-hydroxylation sites is 2. The number of hydrogen-bond donors (Lipinski definition) is 0. The molecule has 0 saturated heterocycles. The van der Waals surface area contributed by atoms with Crippen molar-refractivity contribution in [3.8, 4) is 29.3 Å². The highest BCUT2D eigenvalue weighted by molar-refractivity contribution is 6.35. The van der Waals surface area contributed by atoms with E-state index in [1.54, 1.807) is 79.1 Å². The van der Waals surface area contributed by atoms with Crippen molar-refractivity contribution >= 4 is 34.7 Å². The van der Waals surface area contributed by atoms with Crippen molar-refractivity contribution in [2.75, 3.05) is 7.11 Å². The lowest BCUT2D eigenvalue weighted by Crippen LogP contribution is -2.36. The zero-order chi connectivity index (χ0) is 34.9. The molecule has 6 aromatic rings. The summed E-state index contributed by atoms with van der Waals surface area (Å²) in [7, 11) is 1.41. The molecule has 0 fully saturated rings. The number of carbonyl (C=O) groups excluding carboxylic acids is 1. The fourth-order valence-electron chi connectivity index (χ4n) is 5.20. The molecule has 0 aliphatic rings. The second-order valence-electron chi connectivity index (χ2n) is 10.5. The molecule has 0 radical (unpaired) electrons. The Hall–Kier alpha value is -6.28. The SMILES string of the molecule is COC=C(C(=O)OC(c1ccccc1)(c1cncnc1)c1ccc(Cl)cc1Cl)c1ccccc1Oc1cc(Oc2ccccc2C#N)ncn1. The van der Waals surface area contributed by atoms with Crippen molar-refractivity contribution in [2.45, 2.75) is 5.60 Å². The predicted octanol–water partition coefficient (Wildman–Crippen LogP) is 8.55. The van der Waals surface area contributed by atoms with Crippen LogP contribution < -0.4 is 9.47 Å². The van der Waals surface area contributed by atoms with Gasteiger partial charge in [0.2, 0.25) is 11.8 Å². The molecule has 50 heavy (non-hydrogen) atoms. The van der Waals surface area contributed by atoms with Crippen LogP contribution in [0.5, 0.6) is 23.3 Å². The first-order valence-electron chi connectivity index (χ1n) is 14.9. The normalized spacial score (nSPS) is 12.2. The number of halogens is 2. The minimum absolute atomic E-state index is 0.0128. The lowest BCUT2D eigenvalue weighted by molar-refractivity contribution is -0.146. The Morgan fingerprint density at radius 2 is 1.44 bits per heavy atom. The van der Waals surface area contributed by atoms with E-state index in [0.717, 1.165) is 0 Å². The molecule has 0 aliphatic carbocycles. The van der Waals surface area contributed by atoms with Crippen LogP contribution in [0, 0.1) is 11.3 Å². The molecule has 0 bridgehead atoms. The summed E-state index contributed by atoms with van der Waals surface area (Å²) in [5, 5.41) is 10.1. The zero-order valence-corrected chi connectivity index (χ0v) is 27.7. The quantitative estimate of drug-likeness (QED) is 0.0736. The molecule has 4 aromatic carbocycles. The minimum Gasteiger partial charge on any atom is -0.503 e. The van der Waals surface area contributed by atoms with Gasteiger partial charge >= 0.3 is 5.97 Å². The van der Waals surface area contributed by atoms with Gasteiger partial charge in [0.1, 0.15) is 35.8 Å². The van der Waals surface area contributed by atoms with Gasteiger partial charge in [-0.25, -0.2) is 24.7 Å². The summed E-state index contributed by atoms with van der Waals surface area (Å²) in [6.07, 6.45) is 7.00. The average Bonchev–Trinajstić information content (AvgIpc) is 3.14. The van der Waals surface area contributed by atoms with Crippen molar-refractivity contribution in [1.82, 2.24) is 19.9 Å².